The molecule has 4 heteroatoms. The minimum absolute atomic E-state index is 0.140. The molecule has 2 unspecified atom stereocenters. The molecule has 0 fully saturated rings. The van der Waals surface area contributed by atoms with Gasteiger partial charge < -0.3 is 15.2 Å². The Hall–Kier alpha value is -1.55. The molecule has 0 spiro atoms. The van der Waals surface area contributed by atoms with Crippen molar-refractivity contribution in [1.29, 1.82) is 0 Å². The normalized spacial score (nSPS) is 14.4. The Balaban J connectivity index is 2.56. The molecule has 0 saturated heterocycles. The highest BCUT2D eigenvalue weighted by Gasteiger charge is 2.23. The smallest absolute Gasteiger partial charge is 0.260 e. The first kappa shape index (κ1) is 19.5. The number of amides is 1. The van der Waals surface area contributed by atoms with Crippen molar-refractivity contribution in [3.8, 4) is 5.75 Å². The van der Waals surface area contributed by atoms with Gasteiger partial charge in [-0.15, -0.1) is 0 Å². The monoisotopic (exact) mass is 321 g/mol. The van der Waals surface area contributed by atoms with Gasteiger partial charge in [0.1, 0.15) is 5.75 Å². The van der Waals surface area contributed by atoms with E-state index >= 15 is 0 Å². The summed E-state index contributed by atoms with van der Waals surface area (Å²) in [7, 11) is 0. The van der Waals surface area contributed by atoms with Gasteiger partial charge >= 0.3 is 0 Å². The average Bonchev–Trinajstić information content (AvgIpc) is 2.43. The third-order valence-corrected chi connectivity index (χ3v) is 3.80. The van der Waals surface area contributed by atoms with Crippen molar-refractivity contribution < 1.29 is 14.6 Å². The first-order valence-corrected chi connectivity index (χ1v) is 8.33. The predicted molar refractivity (Wildman–Crippen MR) is 93.7 cm³/mol. The third kappa shape index (κ3) is 7.04. The number of carbonyl (C=O) groups excluding carboxylic acids is 1. The summed E-state index contributed by atoms with van der Waals surface area (Å²) in [4.78, 5) is 12.2. The summed E-state index contributed by atoms with van der Waals surface area (Å²) in [6.07, 6.45) is -0.298. The molecule has 130 valence electrons. The third-order valence-electron chi connectivity index (χ3n) is 3.80. The van der Waals surface area contributed by atoms with E-state index in [-0.39, 0.29) is 17.4 Å². The zero-order valence-corrected chi connectivity index (χ0v) is 15.2. The Kier molecular flexibility index (Phi) is 7.07. The Morgan fingerprint density at radius 2 is 1.91 bits per heavy atom. The fourth-order valence-corrected chi connectivity index (χ4v) is 2.55. The number of carbonyl (C=O) groups is 1. The molecular weight excluding hydrogens is 290 g/mol. The molecule has 0 aliphatic heterocycles. The van der Waals surface area contributed by atoms with Crippen molar-refractivity contribution in [3.63, 3.8) is 0 Å². The van der Waals surface area contributed by atoms with Crippen molar-refractivity contribution in [2.75, 3.05) is 6.54 Å². The highest BCUT2D eigenvalue weighted by Crippen LogP contribution is 2.22. The summed E-state index contributed by atoms with van der Waals surface area (Å²) in [6.45, 7) is 12.3. The quantitative estimate of drug-likeness (QED) is 0.770. The van der Waals surface area contributed by atoms with Crippen molar-refractivity contribution in [2.45, 2.75) is 66.1 Å². The van der Waals surface area contributed by atoms with Gasteiger partial charge in [-0.2, -0.15) is 0 Å². The number of aliphatic hydroxyl groups excluding tert-OH is 1. The first-order valence-electron chi connectivity index (χ1n) is 8.33. The molecule has 0 heterocycles. The Bertz CT molecular complexity index is 509. The number of hydrogen-bond acceptors (Lipinski definition) is 3. The lowest BCUT2D eigenvalue weighted by molar-refractivity contribution is -0.127. The van der Waals surface area contributed by atoms with Crippen LogP contribution in [-0.4, -0.2) is 29.8 Å². The van der Waals surface area contributed by atoms with Gasteiger partial charge in [-0.3, -0.25) is 4.79 Å². The Morgan fingerprint density at radius 3 is 2.48 bits per heavy atom. The molecule has 1 aromatic carbocycles. The van der Waals surface area contributed by atoms with Gasteiger partial charge in [-0.1, -0.05) is 39.8 Å². The van der Waals surface area contributed by atoms with E-state index in [0.29, 0.717) is 24.6 Å². The average molecular weight is 321 g/mol. The summed E-state index contributed by atoms with van der Waals surface area (Å²) in [5.41, 5.74) is 1.04. The van der Waals surface area contributed by atoms with Gasteiger partial charge in [0.2, 0.25) is 0 Å². The van der Waals surface area contributed by atoms with Crippen LogP contribution >= 0.6 is 0 Å². The van der Waals surface area contributed by atoms with E-state index in [2.05, 4.69) is 25.2 Å². The molecule has 1 rings (SSSR count). The maximum atomic E-state index is 12.2. The van der Waals surface area contributed by atoms with Crippen LogP contribution in [0.2, 0.25) is 0 Å². The molecule has 0 saturated carbocycles. The van der Waals surface area contributed by atoms with Gasteiger partial charge in [0.15, 0.2) is 6.10 Å². The predicted octanol–water partition coefficient (Wildman–Crippen LogP) is 3.49. The van der Waals surface area contributed by atoms with Crippen LogP contribution in [0.25, 0.3) is 0 Å². The topological polar surface area (TPSA) is 58.6 Å². The van der Waals surface area contributed by atoms with Crippen molar-refractivity contribution in [3.05, 3.63) is 29.8 Å². The molecule has 1 amide bonds. The molecule has 4 nitrogen and oxygen atoms in total. The summed E-state index contributed by atoms with van der Waals surface area (Å²) in [5.74, 6) is 0.990. The molecule has 0 aromatic heterocycles. The van der Waals surface area contributed by atoms with Crippen LogP contribution in [0, 0.1) is 5.41 Å². The zero-order valence-electron chi connectivity index (χ0n) is 15.2. The number of hydrogen-bond donors (Lipinski definition) is 2. The fourth-order valence-electron chi connectivity index (χ4n) is 2.55. The van der Waals surface area contributed by atoms with Gasteiger partial charge in [0.25, 0.3) is 5.91 Å². The van der Waals surface area contributed by atoms with Crippen molar-refractivity contribution >= 4 is 5.91 Å². The highest BCUT2D eigenvalue weighted by atomic mass is 16.5. The van der Waals surface area contributed by atoms with E-state index in [1.807, 2.05) is 32.0 Å². The van der Waals surface area contributed by atoms with Crippen LogP contribution < -0.4 is 10.1 Å². The van der Waals surface area contributed by atoms with Crippen LogP contribution in [0.5, 0.6) is 5.75 Å². The SMILES string of the molecule is CC(O)CC(C)(C)CNC(=O)C(C)Oc1cccc(C(C)C)c1. The summed E-state index contributed by atoms with van der Waals surface area (Å²) >= 11 is 0. The van der Waals surface area contributed by atoms with Crippen LogP contribution in [0.15, 0.2) is 24.3 Å². The lowest BCUT2D eigenvalue weighted by atomic mass is 9.87. The van der Waals surface area contributed by atoms with Crippen LogP contribution in [0.3, 0.4) is 0 Å². The second-order valence-electron chi connectivity index (χ2n) is 7.42. The number of rotatable bonds is 8. The second kappa shape index (κ2) is 8.34. The molecule has 23 heavy (non-hydrogen) atoms. The lowest BCUT2D eigenvalue weighted by Crippen LogP contribution is -2.41. The molecule has 2 N–H and O–H groups in total. The van der Waals surface area contributed by atoms with E-state index in [1.54, 1.807) is 13.8 Å². The van der Waals surface area contributed by atoms with Gasteiger partial charge in [-0.05, 0) is 49.3 Å². The first-order chi connectivity index (χ1) is 10.6. The van der Waals surface area contributed by atoms with Crippen molar-refractivity contribution in [1.82, 2.24) is 5.32 Å². The number of nitrogens with one attached hydrogen (secondary N) is 1. The molecular formula is C19H31NO3. The fraction of sp³-hybridized carbons (Fsp3) is 0.632. The zero-order chi connectivity index (χ0) is 17.6. The number of benzene rings is 1. The molecule has 2 atom stereocenters. The van der Waals surface area contributed by atoms with E-state index in [9.17, 15) is 9.90 Å². The molecule has 0 aliphatic rings. The molecule has 0 bridgehead atoms. The summed E-state index contributed by atoms with van der Waals surface area (Å²) < 4.78 is 5.75. The van der Waals surface area contributed by atoms with Crippen molar-refractivity contribution in [2.24, 2.45) is 5.41 Å². The minimum Gasteiger partial charge on any atom is -0.481 e. The van der Waals surface area contributed by atoms with Crippen LogP contribution in [-0.2, 0) is 4.79 Å². The second-order valence-corrected chi connectivity index (χ2v) is 7.42. The maximum absolute atomic E-state index is 12.2. The van der Waals surface area contributed by atoms with E-state index in [4.69, 9.17) is 4.74 Å². The van der Waals surface area contributed by atoms with E-state index < -0.39 is 6.10 Å². The molecule has 0 aliphatic carbocycles. The highest BCUT2D eigenvalue weighted by molar-refractivity contribution is 5.80. The number of aliphatic hydroxyl groups is 1. The van der Waals surface area contributed by atoms with Gasteiger partial charge in [-0.25, -0.2) is 0 Å². The van der Waals surface area contributed by atoms with Gasteiger partial charge in [0, 0.05) is 6.54 Å². The summed E-state index contributed by atoms with van der Waals surface area (Å²) in [5, 5.41) is 12.4. The molecule has 0 radical (unpaired) electrons. The summed E-state index contributed by atoms with van der Waals surface area (Å²) in [6, 6.07) is 7.85. The Morgan fingerprint density at radius 1 is 1.26 bits per heavy atom. The van der Waals surface area contributed by atoms with E-state index in [1.165, 1.54) is 5.56 Å². The minimum atomic E-state index is -0.556. The maximum Gasteiger partial charge on any atom is 0.260 e. The van der Waals surface area contributed by atoms with Gasteiger partial charge in [0.05, 0.1) is 6.10 Å². The standard InChI is InChI=1S/C19H31NO3/c1-13(2)16-8-7-9-17(10-16)23-15(4)18(22)20-12-19(5,6)11-14(3)21/h7-10,13-15,21H,11-12H2,1-6H3,(H,20,22). The number of ether oxygens (including phenoxy) is 1. The van der Waals surface area contributed by atoms with Crippen LogP contribution in [0.4, 0.5) is 0 Å². The Labute approximate surface area is 140 Å². The van der Waals surface area contributed by atoms with E-state index in [0.717, 1.165) is 0 Å². The largest absolute Gasteiger partial charge is 0.481 e. The lowest BCUT2D eigenvalue weighted by Gasteiger charge is -2.27. The molecule has 1 aromatic rings. The van der Waals surface area contributed by atoms with Crippen LogP contribution in [0.1, 0.15) is 59.4 Å².